The summed E-state index contributed by atoms with van der Waals surface area (Å²) in [5, 5.41) is 3.57. The van der Waals surface area contributed by atoms with Gasteiger partial charge in [-0.1, -0.05) is 17.7 Å². The molecule has 1 amide bonds. The highest BCUT2D eigenvalue weighted by Crippen LogP contribution is 2.34. The quantitative estimate of drug-likeness (QED) is 0.854. The van der Waals surface area contributed by atoms with Gasteiger partial charge in [0.05, 0.1) is 0 Å². The highest BCUT2D eigenvalue weighted by molar-refractivity contribution is 7.97. The van der Waals surface area contributed by atoms with Crippen molar-refractivity contribution in [3.63, 3.8) is 0 Å². The van der Waals surface area contributed by atoms with Crippen LogP contribution in [0.3, 0.4) is 0 Å². The minimum Gasteiger partial charge on any atom is -0.313 e. The Labute approximate surface area is 127 Å². The Kier molecular flexibility index (Phi) is 3.75. The zero-order valence-corrected chi connectivity index (χ0v) is 12.8. The molecule has 0 unspecified atom stereocenters. The van der Waals surface area contributed by atoms with Gasteiger partial charge in [0.1, 0.15) is 11.4 Å². The van der Waals surface area contributed by atoms with Crippen LogP contribution < -0.4 is 5.32 Å². The van der Waals surface area contributed by atoms with E-state index in [1.54, 1.807) is 11.9 Å². The maximum Gasteiger partial charge on any atom is 0.253 e. The first kappa shape index (κ1) is 13.9. The predicted molar refractivity (Wildman–Crippen MR) is 82.1 cm³/mol. The van der Waals surface area contributed by atoms with Crippen LogP contribution in [0.4, 0.5) is 0 Å². The van der Waals surface area contributed by atoms with Gasteiger partial charge in [-0.3, -0.25) is 9.79 Å². The second-order valence-electron chi connectivity index (χ2n) is 5.16. The zero-order valence-electron chi connectivity index (χ0n) is 11.2. The molecule has 0 bridgehead atoms. The Balaban J connectivity index is 1.63. The molecule has 3 rings (SSSR count). The summed E-state index contributed by atoms with van der Waals surface area (Å²) in [7, 11) is 0. The average molecular weight is 310 g/mol. The predicted octanol–water partition coefficient (Wildman–Crippen LogP) is 2.73. The summed E-state index contributed by atoms with van der Waals surface area (Å²) in [6, 6.07) is 7.83. The number of amides is 1. The number of carbonyl (C=O) groups excluding carboxylic acids is 1. The molecular formula is C14H16ClN3OS. The maximum atomic E-state index is 12.0. The van der Waals surface area contributed by atoms with Gasteiger partial charge in [0, 0.05) is 23.0 Å². The summed E-state index contributed by atoms with van der Waals surface area (Å²) in [6.45, 7) is 3.54. The molecule has 1 saturated heterocycles. The van der Waals surface area contributed by atoms with Crippen LogP contribution in [-0.2, 0) is 4.79 Å². The summed E-state index contributed by atoms with van der Waals surface area (Å²) in [5.41, 5.74) is -0.518. The molecule has 1 aromatic carbocycles. The summed E-state index contributed by atoms with van der Waals surface area (Å²) >= 11 is 7.69. The molecule has 1 N–H and O–H groups in total. The Morgan fingerprint density at radius 3 is 2.75 bits per heavy atom. The van der Waals surface area contributed by atoms with E-state index in [2.05, 4.69) is 14.6 Å². The first-order valence-electron chi connectivity index (χ1n) is 6.64. The third kappa shape index (κ3) is 2.71. The largest absolute Gasteiger partial charge is 0.313 e. The Morgan fingerprint density at radius 1 is 1.40 bits per heavy atom. The first-order valence-corrected chi connectivity index (χ1v) is 7.79. The summed E-state index contributed by atoms with van der Waals surface area (Å²) in [5.74, 6) is 0.799. The smallest absolute Gasteiger partial charge is 0.253 e. The van der Waals surface area contributed by atoms with E-state index in [0.29, 0.717) is 0 Å². The van der Waals surface area contributed by atoms with Crippen molar-refractivity contribution in [2.75, 3.05) is 13.1 Å². The molecule has 1 spiro atoms. The SMILES string of the molecule is CC1=NC2(CCN(Sc3cccc(Cl)c3)CC2)C(=O)N1. The highest BCUT2D eigenvalue weighted by Gasteiger charge is 2.44. The van der Waals surface area contributed by atoms with Crippen LogP contribution in [0.5, 0.6) is 0 Å². The van der Waals surface area contributed by atoms with Gasteiger partial charge in [-0.25, -0.2) is 4.31 Å². The Bertz CT molecular complexity index is 567. The van der Waals surface area contributed by atoms with Gasteiger partial charge in [-0.05, 0) is 49.9 Å². The number of halogens is 1. The summed E-state index contributed by atoms with van der Waals surface area (Å²) < 4.78 is 2.27. The normalized spacial score (nSPS) is 21.9. The molecule has 0 saturated carbocycles. The van der Waals surface area contributed by atoms with Crippen LogP contribution in [-0.4, -0.2) is 34.7 Å². The lowest BCUT2D eigenvalue weighted by Crippen LogP contribution is -2.47. The number of hydrogen-bond acceptors (Lipinski definition) is 4. The van der Waals surface area contributed by atoms with Crippen molar-refractivity contribution in [3.05, 3.63) is 29.3 Å². The van der Waals surface area contributed by atoms with Gasteiger partial charge in [0.25, 0.3) is 5.91 Å². The fraction of sp³-hybridized carbons (Fsp3) is 0.429. The van der Waals surface area contributed by atoms with E-state index in [1.165, 1.54) is 0 Å². The van der Waals surface area contributed by atoms with Crippen LogP contribution in [0.1, 0.15) is 19.8 Å². The summed E-state index contributed by atoms with van der Waals surface area (Å²) in [4.78, 5) is 17.6. The second kappa shape index (κ2) is 5.39. The lowest BCUT2D eigenvalue weighted by atomic mass is 9.89. The third-order valence-electron chi connectivity index (χ3n) is 3.68. The minimum atomic E-state index is -0.518. The van der Waals surface area contributed by atoms with Crippen LogP contribution in [0, 0.1) is 0 Å². The maximum absolute atomic E-state index is 12.0. The lowest BCUT2D eigenvalue weighted by Gasteiger charge is -2.34. The van der Waals surface area contributed by atoms with Crippen LogP contribution in [0.2, 0.25) is 5.02 Å². The fourth-order valence-electron chi connectivity index (χ4n) is 2.64. The molecule has 6 heteroatoms. The molecular weight excluding hydrogens is 294 g/mol. The molecule has 4 nitrogen and oxygen atoms in total. The number of hydrogen-bond donors (Lipinski definition) is 1. The van der Waals surface area contributed by atoms with E-state index in [9.17, 15) is 4.79 Å². The van der Waals surface area contributed by atoms with Crippen molar-refractivity contribution in [2.45, 2.75) is 30.2 Å². The van der Waals surface area contributed by atoms with E-state index in [4.69, 9.17) is 11.6 Å². The van der Waals surface area contributed by atoms with E-state index in [1.807, 2.05) is 31.2 Å². The average Bonchev–Trinajstić information content (AvgIpc) is 2.67. The third-order valence-corrected chi connectivity index (χ3v) is 5.00. The highest BCUT2D eigenvalue weighted by atomic mass is 35.5. The van der Waals surface area contributed by atoms with Crippen molar-refractivity contribution in [2.24, 2.45) is 4.99 Å². The van der Waals surface area contributed by atoms with Crippen molar-refractivity contribution in [1.82, 2.24) is 9.62 Å². The molecule has 0 atom stereocenters. The van der Waals surface area contributed by atoms with Gasteiger partial charge < -0.3 is 5.32 Å². The van der Waals surface area contributed by atoms with Gasteiger partial charge in [-0.15, -0.1) is 0 Å². The molecule has 2 aliphatic rings. The number of nitrogens with one attached hydrogen (secondary N) is 1. The van der Waals surface area contributed by atoms with Crippen LogP contribution in [0.25, 0.3) is 0 Å². The van der Waals surface area contributed by atoms with Gasteiger partial charge in [0.15, 0.2) is 0 Å². The van der Waals surface area contributed by atoms with Gasteiger partial charge in [-0.2, -0.15) is 0 Å². The van der Waals surface area contributed by atoms with Crippen LogP contribution in [0.15, 0.2) is 34.2 Å². The van der Waals surface area contributed by atoms with E-state index < -0.39 is 5.54 Å². The number of nitrogens with zero attached hydrogens (tertiary/aromatic N) is 2. The molecule has 1 aromatic rings. The van der Waals surface area contributed by atoms with E-state index in [0.717, 1.165) is 41.7 Å². The molecule has 0 radical (unpaired) electrons. The minimum absolute atomic E-state index is 0.0578. The number of carbonyl (C=O) groups is 1. The first-order chi connectivity index (χ1) is 9.57. The molecule has 0 aromatic heterocycles. The van der Waals surface area contributed by atoms with E-state index >= 15 is 0 Å². The molecule has 106 valence electrons. The summed E-state index contributed by atoms with van der Waals surface area (Å²) in [6.07, 6.45) is 1.54. The zero-order chi connectivity index (χ0) is 14.2. The topological polar surface area (TPSA) is 44.7 Å². The molecule has 0 aliphatic carbocycles. The van der Waals surface area contributed by atoms with E-state index in [-0.39, 0.29) is 5.91 Å². The van der Waals surface area contributed by atoms with Crippen molar-refractivity contribution < 1.29 is 4.79 Å². The lowest BCUT2D eigenvalue weighted by molar-refractivity contribution is -0.124. The molecule has 20 heavy (non-hydrogen) atoms. The van der Waals surface area contributed by atoms with Crippen molar-refractivity contribution in [3.8, 4) is 0 Å². The van der Waals surface area contributed by atoms with Gasteiger partial charge >= 0.3 is 0 Å². The molecule has 2 heterocycles. The number of rotatable bonds is 2. The monoisotopic (exact) mass is 309 g/mol. The second-order valence-corrected chi connectivity index (χ2v) is 6.77. The molecule has 1 fully saturated rings. The standard InChI is InChI=1S/C14H16ClN3OS/c1-10-16-13(19)14(17-10)5-7-18(8-6-14)20-12-4-2-3-11(15)9-12/h2-4,9H,5-8H2,1H3,(H,16,17,19). The molecule has 2 aliphatic heterocycles. The number of piperidine rings is 1. The number of amidine groups is 1. The Morgan fingerprint density at radius 2 is 2.15 bits per heavy atom. The number of aliphatic imine (C=N–C) groups is 1. The number of benzene rings is 1. The van der Waals surface area contributed by atoms with Crippen molar-refractivity contribution in [1.29, 1.82) is 0 Å². The fourth-order valence-corrected chi connectivity index (χ4v) is 3.88. The van der Waals surface area contributed by atoms with Gasteiger partial charge in [0.2, 0.25) is 0 Å². The van der Waals surface area contributed by atoms with Crippen molar-refractivity contribution >= 4 is 35.3 Å². The van der Waals surface area contributed by atoms with Crippen LogP contribution >= 0.6 is 23.5 Å². The Hall–Kier alpha value is -1.04.